The number of benzene rings is 1. The van der Waals surface area contributed by atoms with Crippen molar-refractivity contribution in [3.8, 4) is 6.07 Å². The largest absolute Gasteiger partial charge is 0.378 e. The molecule has 0 spiro atoms. The number of nitrogens with one attached hydrogen (secondary N) is 1. The van der Waals surface area contributed by atoms with Gasteiger partial charge in [0, 0.05) is 17.1 Å². The zero-order chi connectivity index (χ0) is 10.7. The van der Waals surface area contributed by atoms with E-state index in [1.807, 2.05) is 12.1 Å². The Balaban J connectivity index is 2.14. The number of nitriles is 1. The Morgan fingerprint density at radius 2 is 2.13 bits per heavy atom. The maximum atomic E-state index is 9.11. The van der Waals surface area contributed by atoms with E-state index < -0.39 is 5.54 Å². The van der Waals surface area contributed by atoms with Crippen LogP contribution in [0.3, 0.4) is 0 Å². The predicted octanol–water partition coefficient (Wildman–Crippen LogP) is 2.43. The Kier molecular flexibility index (Phi) is 2.81. The van der Waals surface area contributed by atoms with Crippen LogP contribution >= 0.6 is 11.6 Å². The van der Waals surface area contributed by atoms with Crippen LogP contribution in [0.25, 0.3) is 0 Å². The van der Waals surface area contributed by atoms with Crippen LogP contribution in [0.4, 0.5) is 5.69 Å². The highest BCUT2D eigenvalue weighted by Crippen LogP contribution is 2.24. The van der Waals surface area contributed by atoms with Gasteiger partial charge in [-0.25, -0.2) is 0 Å². The minimum Gasteiger partial charge on any atom is -0.378 e. The van der Waals surface area contributed by atoms with E-state index in [4.69, 9.17) is 21.6 Å². The molecule has 1 saturated heterocycles. The van der Waals surface area contributed by atoms with Gasteiger partial charge in [-0.05, 0) is 24.3 Å². The van der Waals surface area contributed by atoms with E-state index in [9.17, 15) is 0 Å². The lowest BCUT2D eigenvalue weighted by atomic mass is 10.0. The Hall–Kier alpha value is -1.24. The lowest BCUT2D eigenvalue weighted by Crippen LogP contribution is -2.36. The zero-order valence-electron chi connectivity index (χ0n) is 8.16. The second kappa shape index (κ2) is 4.09. The van der Waals surface area contributed by atoms with Gasteiger partial charge in [0.15, 0.2) is 5.54 Å². The second-order valence-electron chi connectivity index (χ2n) is 3.63. The van der Waals surface area contributed by atoms with Crippen LogP contribution in [-0.4, -0.2) is 18.8 Å². The molecule has 0 saturated carbocycles. The van der Waals surface area contributed by atoms with Crippen molar-refractivity contribution in [2.24, 2.45) is 0 Å². The van der Waals surface area contributed by atoms with Gasteiger partial charge in [0.2, 0.25) is 0 Å². The van der Waals surface area contributed by atoms with Crippen molar-refractivity contribution < 1.29 is 4.74 Å². The Labute approximate surface area is 93.6 Å². The third-order valence-corrected chi connectivity index (χ3v) is 2.72. The molecule has 2 rings (SSSR count). The normalized spacial score (nSPS) is 24.8. The minimum atomic E-state index is -0.576. The molecule has 0 amide bonds. The average molecular weight is 223 g/mol. The molecule has 1 N–H and O–H groups in total. The molecule has 0 aromatic heterocycles. The highest BCUT2D eigenvalue weighted by atomic mass is 35.5. The fourth-order valence-electron chi connectivity index (χ4n) is 1.59. The number of hydrogen-bond donors (Lipinski definition) is 1. The summed E-state index contributed by atoms with van der Waals surface area (Å²) in [5.74, 6) is 0. The third kappa shape index (κ3) is 2.23. The van der Waals surface area contributed by atoms with Crippen LogP contribution < -0.4 is 5.32 Å². The molecule has 1 aromatic carbocycles. The molecule has 0 radical (unpaired) electrons. The number of ether oxygens (including phenoxy) is 1. The fourth-order valence-corrected chi connectivity index (χ4v) is 1.72. The maximum absolute atomic E-state index is 9.11. The first-order valence-corrected chi connectivity index (χ1v) is 5.15. The summed E-state index contributed by atoms with van der Waals surface area (Å²) in [5.41, 5.74) is 0.319. The van der Waals surface area contributed by atoms with Crippen LogP contribution in [0, 0.1) is 11.3 Å². The van der Waals surface area contributed by atoms with E-state index in [-0.39, 0.29) is 0 Å². The van der Waals surface area contributed by atoms with E-state index in [0.717, 1.165) is 5.69 Å². The molecular weight excluding hydrogens is 212 g/mol. The second-order valence-corrected chi connectivity index (χ2v) is 4.06. The Bertz CT molecular complexity index is 377. The molecule has 1 unspecified atom stereocenters. The smallest absolute Gasteiger partial charge is 0.151 e. The van der Waals surface area contributed by atoms with Gasteiger partial charge < -0.3 is 10.1 Å². The first kappa shape index (κ1) is 10.3. The lowest BCUT2D eigenvalue weighted by Gasteiger charge is -2.21. The van der Waals surface area contributed by atoms with E-state index in [2.05, 4.69) is 11.4 Å². The van der Waals surface area contributed by atoms with Gasteiger partial charge in [-0.15, -0.1) is 0 Å². The monoisotopic (exact) mass is 222 g/mol. The number of hydrogen-bond acceptors (Lipinski definition) is 3. The summed E-state index contributed by atoms with van der Waals surface area (Å²) < 4.78 is 5.24. The number of nitrogens with zero attached hydrogens (tertiary/aromatic N) is 1. The van der Waals surface area contributed by atoms with Crippen molar-refractivity contribution in [2.75, 3.05) is 18.5 Å². The van der Waals surface area contributed by atoms with Gasteiger partial charge in [-0.2, -0.15) is 5.26 Å². The molecule has 1 fully saturated rings. The molecule has 1 atom stereocenters. The Morgan fingerprint density at radius 1 is 1.40 bits per heavy atom. The molecule has 1 aliphatic rings. The third-order valence-electron chi connectivity index (χ3n) is 2.46. The number of halogens is 1. The molecule has 1 heterocycles. The summed E-state index contributed by atoms with van der Waals surface area (Å²) in [6.07, 6.45) is 0.714. The number of rotatable bonds is 2. The van der Waals surface area contributed by atoms with Gasteiger partial charge in [0.1, 0.15) is 0 Å². The van der Waals surface area contributed by atoms with Crippen LogP contribution in [0.15, 0.2) is 24.3 Å². The maximum Gasteiger partial charge on any atom is 0.151 e. The highest BCUT2D eigenvalue weighted by Gasteiger charge is 2.34. The van der Waals surface area contributed by atoms with Gasteiger partial charge in [0.05, 0.1) is 19.3 Å². The van der Waals surface area contributed by atoms with Crippen LogP contribution in [-0.2, 0) is 4.74 Å². The summed E-state index contributed by atoms with van der Waals surface area (Å²) >= 11 is 5.78. The van der Waals surface area contributed by atoms with Gasteiger partial charge >= 0.3 is 0 Å². The fraction of sp³-hybridized carbons (Fsp3) is 0.364. The van der Waals surface area contributed by atoms with E-state index in [1.54, 1.807) is 12.1 Å². The summed E-state index contributed by atoms with van der Waals surface area (Å²) in [5, 5.41) is 13.0. The molecule has 3 nitrogen and oxygen atoms in total. The predicted molar refractivity (Wildman–Crippen MR) is 58.9 cm³/mol. The first-order chi connectivity index (χ1) is 7.24. The van der Waals surface area contributed by atoms with Crippen LogP contribution in [0.2, 0.25) is 5.02 Å². The summed E-state index contributed by atoms with van der Waals surface area (Å²) in [7, 11) is 0. The highest BCUT2D eigenvalue weighted by molar-refractivity contribution is 6.30. The van der Waals surface area contributed by atoms with Crippen molar-refractivity contribution in [1.29, 1.82) is 5.26 Å². The van der Waals surface area contributed by atoms with Crippen LogP contribution in [0.5, 0.6) is 0 Å². The molecule has 4 heteroatoms. The number of anilines is 1. The molecule has 78 valence electrons. The molecule has 15 heavy (non-hydrogen) atoms. The Morgan fingerprint density at radius 3 is 2.67 bits per heavy atom. The zero-order valence-corrected chi connectivity index (χ0v) is 8.92. The van der Waals surface area contributed by atoms with E-state index in [1.165, 1.54) is 0 Å². The first-order valence-electron chi connectivity index (χ1n) is 4.77. The van der Waals surface area contributed by atoms with Crippen molar-refractivity contribution in [2.45, 2.75) is 12.0 Å². The van der Waals surface area contributed by atoms with Gasteiger partial charge in [-0.3, -0.25) is 0 Å². The molecule has 1 aliphatic heterocycles. The molecular formula is C11H11ClN2O. The van der Waals surface area contributed by atoms with E-state index in [0.29, 0.717) is 24.7 Å². The molecule has 1 aromatic rings. The minimum absolute atomic E-state index is 0.437. The summed E-state index contributed by atoms with van der Waals surface area (Å²) in [4.78, 5) is 0. The SMILES string of the molecule is N#CC1(Nc2ccc(Cl)cc2)CCOC1. The van der Waals surface area contributed by atoms with Crippen molar-refractivity contribution in [1.82, 2.24) is 0 Å². The molecule has 0 aliphatic carbocycles. The topological polar surface area (TPSA) is 45.0 Å². The van der Waals surface area contributed by atoms with Crippen molar-refractivity contribution in [3.05, 3.63) is 29.3 Å². The van der Waals surface area contributed by atoms with E-state index >= 15 is 0 Å². The van der Waals surface area contributed by atoms with Gasteiger partial charge in [-0.1, -0.05) is 11.6 Å². The van der Waals surface area contributed by atoms with Crippen molar-refractivity contribution in [3.63, 3.8) is 0 Å². The lowest BCUT2D eigenvalue weighted by molar-refractivity contribution is 0.189. The standard InChI is InChI=1S/C11H11ClN2O/c12-9-1-3-10(4-2-9)14-11(7-13)5-6-15-8-11/h1-4,14H,5-6,8H2. The summed E-state index contributed by atoms with van der Waals surface area (Å²) in [6.45, 7) is 1.07. The van der Waals surface area contributed by atoms with Crippen LogP contribution in [0.1, 0.15) is 6.42 Å². The van der Waals surface area contributed by atoms with Crippen molar-refractivity contribution >= 4 is 17.3 Å². The van der Waals surface area contributed by atoms with Gasteiger partial charge in [0.25, 0.3) is 0 Å². The average Bonchev–Trinajstić information content (AvgIpc) is 2.71. The quantitative estimate of drug-likeness (QED) is 0.836. The molecule has 0 bridgehead atoms. The summed E-state index contributed by atoms with van der Waals surface area (Å²) in [6, 6.07) is 9.59.